The van der Waals surface area contributed by atoms with Crippen LogP contribution in [0.25, 0.3) is 0 Å². The second kappa shape index (κ2) is 4.79. The summed E-state index contributed by atoms with van der Waals surface area (Å²) in [6, 6.07) is 1.69. The molecule has 1 rings (SSSR count). The van der Waals surface area contributed by atoms with Crippen LogP contribution in [0.2, 0.25) is 5.15 Å². The number of rotatable bonds is 3. The lowest BCUT2D eigenvalue weighted by Gasteiger charge is -2.12. The fourth-order valence-corrected chi connectivity index (χ4v) is 1.75. The van der Waals surface area contributed by atoms with Gasteiger partial charge in [0.05, 0.1) is 6.10 Å². The van der Waals surface area contributed by atoms with Gasteiger partial charge in [0.2, 0.25) is 0 Å². The number of halogens is 1. The summed E-state index contributed by atoms with van der Waals surface area (Å²) in [5, 5.41) is 10.6. The third kappa shape index (κ3) is 3.50. The number of aromatic nitrogens is 2. The molecule has 0 saturated carbocycles. The smallest absolute Gasteiger partial charge is 0.133 e. The lowest BCUT2D eigenvalue weighted by Crippen LogP contribution is -2.15. The second-order valence-corrected chi connectivity index (χ2v) is 4.53. The summed E-state index contributed by atoms with van der Waals surface area (Å²) >= 11 is 7.16. The Hall–Kier alpha value is -0.320. The molecule has 1 heterocycles. The zero-order chi connectivity index (χ0) is 9.84. The largest absolute Gasteiger partial charge is 0.392 e. The summed E-state index contributed by atoms with van der Waals surface area (Å²) < 4.78 is 0. The number of aliphatic hydroxyl groups excluding tert-OH is 1. The minimum Gasteiger partial charge on any atom is -0.392 e. The molecular weight excluding hydrogens is 208 g/mol. The zero-order valence-electron chi connectivity index (χ0n) is 7.44. The molecule has 0 fully saturated rings. The maximum absolute atomic E-state index is 9.25. The summed E-state index contributed by atoms with van der Waals surface area (Å²) in [6.45, 7) is 3.69. The van der Waals surface area contributed by atoms with Crippen molar-refractivity contribution < 1.29 is 5.11 Å². The van der Waals surface area contributed by atoms with Crippen LogP contribution in [0.4, 0.5) is 0 Å². The quantitative estimate of drug-likeness (QED) is 0.623. The molecule has 0 saturated heterocycles. The molecule has 0 radical (unpaired) electrons. The summed E-state index contributed by atoms with van der Waals surface area (Å²) in [4.78, 5) is 7.79. The van der Waals surface area contributed by atoms with E-state index in [1.807, 2.05) is 6.92 Å². The first-order chi connectivity index (χ1) is 6.09. The Bertz CT molecular complexity index is 283. The van der Waals surface area contributed by atoms with E-state index in [1.165, 1.54) is 18.1 Å². The Kier molecular flexibility index (Phi) is 3.96. The fraction of sp³-hybridized carbons (Fsp3) is 0.500. The molecule has 0 aromatic carbocycles. The average molecular weight is 219 g/mol. The minimum atomic E-state index is -0.362. The molecule has 72 valence electrons. The first kappa shape index (κ1) is 10.8. The number of aliphatic hydroxyl groups is 1. The number of nitrogens with zero attached hydrogens (tertiary/aromatic N) is 2. The Morgan fingerprint density at radius 2 is 2.15 bits per heavy atom. The molecule has 0 spiro atoms. The van der Waals surface area contributed by atoms with E-state index in [0.717, 1.165) is 5.03 Å². The van der Waals surface area contributed by atoms with Crippen LogP contribution in [0.1, 0.15) is 13.8 Å². The van der Waals surface area contributed by atoms with Gasteiger partial charge in [-0.25, -0.2) is 9.97 Å². The van der Waals surface area contributed by atoms with E-state index in [9.17, 15) is 5.11 Å². The molecule has 0 aliphatic carbocycles. The molecule has 1 N–H and O–H groups in total. The highest BCUT2D eigenvalue weighted by Crippen LogP contribution is 2.24. The first-order valence-electron chi connectivity index (χ1n) is 3.92. The van der Waals surface area contributed by atoms with Crippen LogP contribution in [-0.2, 0) is 0 Å². The number of hydrogen-bond donors (Lipinski definition) is 1. The molecule has 0 aliphatic heterocycles. The van der Waals surface area contributed by atoms with E-state index >= 15 is 0 Å². The van der Waals surface area contributed by atoms with Gasteiger partial charge in [0.25, 0.3) is 0 Å². The van der Waals surface area contributed by atoms with Crippen molar-refractivity contribution >= 4 is 23.4 Å². The van der Waals surface area contributed by atoms with Gasteiger partial charge in [0.15, 0.2) is 0 Å². The molecule has 0 bridgehead atoms. The van der Waals surface area contributed by atoms with Crippen LogP contribution in [0.15, 0.2) is 17.4 Å². The minimum absolute atomic E-state index is 0.103. The topological polar surface area (TPSA) is 46.0 Å². The van der Waals surface area contributed by atoms with Crippen molar-refractivity contribution in [3.8, 4) is 0 Å². The SMILES string of the molecule is CC(O)C(C)Sc1cc(Cl)ncn1. The molecule has 1 aromatic heterocycles. The van der Waals surface area contributed by atoms with E-state index in [4.69, 9.17) is 11.6 Å². The lowest BCUT2D eigenvalue weighted by atomic mass is 10.3. The Morgan fingerprint density at radius 1 is 1.46 bits per heavy atom. The van der Waals surface area contributed by atoms with Crippen molar-refractivity contribution in [1.29, 1.82) is 0 Å². The summed E-state index contributed by atoms with van der Waals surface area (Å²) in [5.74, 6) is 0. The van der Waals surface area contributed by atoms with Crippen LogP contribution < -0.4 is 0 Å². The summed E-state index contributed by atoms with van der Waals surface area (Å²) in [5.41, 5.74) is 0. The van der Waals surface area contributed by atoms with Crippen molar-refractivity contribution in [3.05, 3.63) is 17.5 Å². The van der Waals surface area contributed by atoms with Crippen LogP contribution in [0, 0.1) is 0 Å². The number of hydrogen-bond acceptors (Lipinski definition) is 4. The second-order valence-electron chi connectivity index (χ2n) is 2.74. The van der Waals surface area contributed by atoms with Gasteiger partial charge in [-0.05, 0) is 6.92 Å². The van der Waals surface area contributed by atoms with Crippen molar-refractivity contribution in [2.24, 2.45) is 0 Å². The number of thioether (sulfide) groups is 1. The molecule has 5 heteroatoms. The predicted octanol–water partition coefficient (Wildman–Crippen LogP) is 1.99. The summed E-state index contributed by atoms with van der Waals surface area (Å²) in [7, 11) is 0. The van der Waals surface area contributed by atoms with Gasteiger partial charge >= 0.3 is 0 Å². The van der Waals surface area contributed by atoms with Gasteiger partial charge in [-0.3, -0.25) is 0 Å². The monoisotopic (exact) mass is 218 g/mol. The third-order valence-corrected chi connectivity index (χ3v) is 3.03. The van der Waals surface area contributed by atoms with Crippen molar-refractivity contribution in [3.63, 3.8) is 0 Å². The van der Waals surface area contributed by atoms with Crippen molar-refractivity contribution in [1.82, 2.24) is 9.97 Å². The average Bonchev–Trinajstić information content (AvgIpc) is 2.04. The lowest BCUT2D eigenvalue weighted by molar-refractivity contribution is 0.196. The molecule has 3 nitrogen and oxygen atoms in total. The van der Waals surface area contributed by atoms with E-state index in [1.54, 1.807) is 13.0 Å². The molecular formula is C8H11ClN2OS. The van der Waals surface area contributed by atoms with Gasteiger partial charge < -0.3 is 5.11 Å². The highest BCUT2D eigenvalue weighted by Gasteiger charge is 2.11. The van der Waals surface area contributed by atoms with E-state index < -0.39 is 0 Å². The third-order valence-electron chi connectivity index (χ3n) is 1.59. The molecule has 1 aromatic rings. The predicted molar refractivity (Wildman–Crippen MR) is 54.0 cm³/mol. The van der Waals surface area contributed by atoms with Crippen molar-refractivity contribution in [2.45, 2.75) is 30.2 Å². The van der Waals surface area contributed by atoms with Gasteiger partial charge in [-0.1, -0.05) is 18.5 Å². The Balaban J connectivity index is 2.64. The molecule has 13 heavy (non-hydrogen) atoms. The molecule has 0 amide bonds. The van der Waals surface area contributed by atoms with Crippen LogP contribution in [0.5, 0.6) is 0 Å². The van der Waals surface area contributed by atoms with Gasteiger partial charge in [0, 0.05) is 11.3 Å². The van der Waals surface area contributed by atoms with Gasteiger partial charge in [-0.2, -0.15) is 0 Å². The fourth-order valence-electron chi connectivity index (χ4n) is 0.671. The zero-order valence-corrected chi connectivity index (χ0v) is 9.01. The van der Waals surface area contributed by atoms with Crippen molar-refractivity contribution in [2.75, 3.05) is 0 Å². The van der Waals surface area contributed by atoms with Crippen LogP contribution in [-0.4, -0.2) is 26.4 Å². The Morgan fingerprint density at radius 3 is 2.69 bits per heavy atom. The van der Waals surface area contributed by atoms with E-state index in [-0.39, 0.29) is 11.4 Å². The van der Waals surface area contributed by atoms with Crippen LogP contribution >= 0.6 is 23.4 Å². The maximum Gasteiger partial charge on any atom is 0.133 e. The highest BCUT2D eigenvalue weighted by atomic mass is 35.5. The van der Waals surface area contributed by atoms with E-state index in [0.29, 0.717) is 5.15 Å². The normalized spacial score (nSPS) is 15.4. The first-order valence-corrected chi connectivity index (χ1v) is 5.17. The highest BCUT2D eigenvalue weighted by molar-refractivity contribution is 7.99. The molecule has 2 atom stereocenters. The standard InChI is InChI=1S/C8H11ClN2OS/c1-5(12)6(2)13-8-3-7(9)10-4-11-8/h3-6,12H,1-2H3. The molecule has 2 unspecified atom stereocenters. The summed E-state index contributed by atoms with van der Waals surface area (Å²) in [6.07, 6.45) is 1.05. The molecule has 0 aliphatic rings. The Labute approximate surface area is 86.6 Å². The van der Waals surface area contributed by atoms with Gasteiger partial charge in [-0.15, -0.1) is 11.8 Å². The van der Waals surface area contributed by atoms with Crippen LogP contribution in [0.3, 0.4) is 0 Å². The maximum atomic E-state index is 9.25. The van der Waals surface area contributed by atoms with Gasteiger partial charge in [0.1, 0.15) is 16.5 Å². The van der Waals surface area contributed by atoms with E-state index in [2.05, 4.69) is 9.97 Å².